The van der Waals surface area contributed by atoms with Crippen molar-refractivity contribution in [2.45, 2.75) is 80.6 Å². The fourth-order valence-electron chi connectivity index (χ4n) is 9.73. The lowest BCUT2D eigenvalue weighted by Crippen LogP contribution is -2.59. The molecule has 1 aliphatic carbocycles. The first-order valence-corrected chi connectivity index (χ1v) is 23.6. The van der Waals surface area contributed by atoms with Crippen LogP contribution in [-0.4, -0.2) is 106 Å². The Labute approximate surface area is 365 Å². The number of hydrogen-bond donors (Lipinski definition) is 4. The van der Waals surface area contributed by atoms with Gasteiger partial charge in [0.2, 0.25) is 23.6 Å². The molecule has 6 heterocycles. The Kier molecular flexibility index (Phi) is 11.4. The van der Waals surface area contributed by atoms with Gasteiger partial charge in [0.1, 0.15) is 24.4 Å². The van der Waals surface area contributed by atoms with E-state index in [9.17, 15) is 47.1 Å². The molecule has 4 N–H and O–H groups in total. The minimum Gasteiger partial charge on any atom is -0.492 e. The van der Waals surface area contributed by atoms with Gasteiger partial charge in [0.05, 0.1) is 17.3 Å². The molecule has 2 aromatic heterocycles. The number of benzene rings is 2. The topological polar surface area (TPSA) is 199 Å². The number of thiophene rings is 1. The molecule has 0 spiro atoms. The second-order valence-electron chi connectivity index (χ2n) is 17.4. The van der Waals surface area contributed by atoms with Gasteiger partial charge in [-0.25, -0.2) is 0 Å². The number of nitrogens with one attached hydrogen (secondary N) is 2. The Morgan fingerprint density at radius 1 is 1.02 bits per heavy atom. The first-order valence-electron chi connectivity index (χ1n) is 21.2. The number of nitrogens with zero attached hydrogens (tertiary/aromatic N) is 4. The Bertz CT molecular complexity index is 2530. The number of carbonyl (C=O) groups excluding carboxylic acids is 5. The van der Waals surface area contributed by atoms with Crippen LogP contribution in [-0.2, 0) is 29.4 Å². The van der Waals surface area contributed by atoms with E-state index in [0.717, 1.165) is 53.1 Å². The van der Waals surface area contributed by atoms with Crippen LogP contribution in [0.3, 0.4) is 0 Å². The Balaban J connectivity index is 0.816. The minimum absolute atomic E-state index is 0.0285. The molecule has 9 rings (SSSR count). The number of hydrogen-bond acceptors (Lipinski definition) is 10. The molecule has 6 atom stereocenters. The van der Waals surface area contributed by atoms with Crippen LogP contribution in [0.2, 0.25) is 0 Å². The standard InChI is InChI=1S/C44H47F2N6O9PS/c1-50(14-15-61-31-6-2-24(3-7-31)32-8-11-39(53)49-40(32)54)35-12-13-47-21-33(35)28-22-51(23-28)43(57)36-9-5-30-18-25-16-26(25)19-34(42(56)52(30)36)48-41(55)38-20-27-17-29(4-10-37(27)63-38)44(45,46)62(58,59)60/h2-4,6-7,10,12-13,17,20-21,25-26,28,30,32,34,36H,5,8-9,11,14-16,18-19,22-23H2,1H3,(H,48,55)(H,49,53,54)(H2,58,59,60)/t25-,26+,30-,32?,34+,36+/m1/s1. The molecule has 332 valence electrons. The van der Waals surface area contributed by atoms with Gasteiger partial charge >= 0.3 is 13.3 Å². The van der Waals surface area contributed by atoms with Crippen LogP contribution in [0.25, 0.3) is 10.1 Å². The van der Waals surface area contributed by atoms with Crippen molar-refractivity contribution in [3.63, 3.8) is 0 Å². The molecule has 4 aromatic rings. The molecule has 5 fully saturated rings. The number of ether oxygens (including phenoxy) is 1. The molecule has 0 radical (unpaired) electrons. The van der Waals surface area contributed by atoms with Crippen molar-refractivity contribution in [2.24, 2.45) is 11.8 Å². The maximum absolute atomic E-state index is 14.4. The monoisotopic (exact) mass is 904 g/mol. The predicted octanol–water partition coefficient (Wildman–Crippen LogP) is 5.07. The largest absolute Gasteiger partial charge is 0.492 e. The number of fused-ring (bicyclic) bond motifs is 3. The van der Waals surface area contributed by atoms with Crippen molar-refractivity contribution in [1.82, 2.24) is 25.4 Å². The number of halogens is 2. The number of likely N-dealkylation sites (N-methyl/N-ethyl adjacent to an activating group) is 1. The molecular formula is C44H47F2N6O9PS. The maximum atomic E-state index is 14.4. The first-order chi connectivity index (χ1) is 30.0. The molecule has 1 unspecified atom stereocenters. The second kappa shape index (κ2) is 16.7. The Hall–Kier alpha value is -5.29. The third-order valence-electron chi connectivity index (χ3n) is 13.4. The summed E-state index contributed by atoms with van der Waals surface area (Å²) in [6.45, 7) is 1.87. The van der Waals surface area contributed by atoms with E-state index in [1.165, 1.54) is 12.1 Å². The van der Waals surface area contributed by atoms with E-state index in [2.05, 4.69) is 20.5 Å². The number of imide groups is 1. The quantitative estimate of drug-likeness (QED) is 0.109. The summed E-state index contributed by atoms with van der Waals surface area (Å²) in [6, 6.07) is 12.2. The van der Waals surface area contributed by atoms with Crippen molar-refractivity contribution < 1.29 is 51.8 Å². The Morgan fingerprint density at radius 3 is 2.52 bits per heavy atom. The fraction of sp³-hybridized carbons (Fsp3) is 0.455. The third kappa shape index (κ3) is 8.45. The van der Waals surface area contributed by atoms with E-state index in [0.29, 0.717) is 74.7 Å². The van der Waals surface area contributed by atoms with Crippen LogP contribution in [0.4, 0.5) is 14.5 Å². The summed E-state index contributed by atoms with van der Waals surface area (Å²) >= 11 is 1.02. The van der Waals surface area contributed by atoms with Gasteiger partial charge in [0.15, 0.2) is 0 Å². The number of likely N-dealkylation sites (tertiary alicyclic amines) is 1. The molecular weight excluding hydrogens is 858 g/mol. The molecule has 1 saturated carbocycles. The first kappa shape index (κ1) is 43.0. The van der Waals surface area contributed by atoms with Crippen LogP contribution in [0.5, 0.6) is 5.75 Å². The van der Waals surface area contributed by atoms with E-state index >= 15 is 0 Å². The van der Waals surface area contributed by atoms with E-state index in [4.69, 9.17) is 4.74 Å². The highest BCUT2D eigenvalue weighted by Gasteiger charge is 2.53. The van der Waals surface area contributed by atoms with Gasteiger partial charge in [-0.2, -0.15) is 8.78 Å². The zero-order valence-corrected chi connectivity index (χ0v) is 36.0. The zero-order valence-electron chi connectivity index (χ0n) is 34.3. The third-order valence-corrected chi connectivity index (χ3v) is 15.5. The van der Waals surface area contributed by atoms with Gasteiger partial charge in [0, 0.05) is 72.4 Å². The number of anilines is 1. The van der Waals surface area contributed by atoms with Crippen molar-refractivity contribution in [3.05, 3.63) is 88.6 Å². The van der Waals surface area contributed by atoms with Crippen LogP contribution >= 0.6 is 18.9 Å². The Morgan fingerprint density at radius 2 is 1.78 bits per heavy atom. The normalized spacial score (nSPS) is 25.1. The summed E-state index contributed by atoms with van der Waals surface area (Å²) in [5.41, 5.74) is -2.46. The summed E-state index contributed by atoms with van der Waals surface area (Å²) in [4.78, 5) is 94.6. The highest BCUT2D eigenvalue weighted by atomic mass is 32.1. The molecule has 0 bridgehead atoms. The highest BCUT2D eigenvalue weighted by Crippen LogP contribution is 2.59. The van der Waals surface area contributed by atoms with E-state index in [1.54, 1.807) is 16.0 Å². The fourth-order valence-corrected chi connectivity index (χ4v) is 11.1. The molecule has 63 heavy (non-hydrogen) atoms. The maximum Gasteiger partial charge on any atom is 0.399 e. The van der Waals surface area contributed by atoms with Crippen molar-refractivity contribution in [3.8, 4) is 5.75 Å². The van der Waals surface area contributed by atoms with Crippen molar-refractivity contribution in [2.75, 3.05) is 38.2 Å². The lowest BCUT2D eigenvalue weighted by molar-refractivity contribution is -0.149. The van der Waals surface area contributed by atoms with E-state index in [1.807, 2.05) is 43.6 Å². The summed E-state index contributed by atoms with van der Waals surface area (Å²) in [5, 5.41) is 5.50. The molecule has 4 aliphatic heterocycles. The number of amides is 5. The molecule has 15 nitrogen and oxygen atoms in total. The van der Waals surface area contributed by atoms with Gasteiger partial charge in [-0.3, -0.25) is 38.8 Å². The average molecular weight is 905 g/mol. The summed E-state index contributed by atoms with van der Waals surface area (Å²) < 4.78 is 46.8. The predicted molar refractivity (Wildman–Crippen MR) is 227 cm³/mol. The van der Waals surface area contributed by atoms with E-state index in [-0.39, 0.29) is 57.7 Å². The van der Waals surface area contributed by atoms with Gasteiger partial charge in [-0.05, 0) is 97.7 Å². The lowest BCUT2D eigenvalue weighted by atomic mass is 9.90. The summed E-state index contributed by atoms with van der Waals surface area (Å²) in [5.74, 6) is -0.545. The van der Waals surface area contributed by atoms with Gasteiger partial charge in [-0.15, -0.1) is 11.3 Å². The van der Waals surface area contributed by atoms with Gasteiger partial charge < -0.3 is 34.5 Å². The molecule has 5 aliphatic rings. The van der Waals surface area contributed by atoms with Crippen LogP contribution < -0.4 is 20.3 Å². The zero-order chi connectivity index (χ0) is 44.4. The number of piperidine rings is 1. The van der Waals surface area contributed by atoms with Crippen LogP contribution in [0, 0.1) is 11.8 Å². The second-order valence-corrected chi connectivity index (χ2v) is 20.1. The van der Waals surface area contributed by atoms with Gasteiger partial charge in [-0.1, -0.05) is 18.2 Å². The highest BCUT2D eigenvalue weighted by molar-refractivity contribution is 7.52. The van der Waals surface area contributed by atoms with Crippen LogP contribution in [0.1, 0.15) is 83.1 Å². The van der Waals surface area contributed by atoms with Crippen LogP contribution in [0.15, 0.2) is 67.0 Å². The summed E-state index contributed by atoms with van der Waals surface area (Å²) in [6.07, 6.45) is 7.72. The smallest absolute Gasteiger partial charge is 0.399 e. The van der Waals surface area contributed by atoms with Crippen molar-refractivity contribution in [1.29, 1.82) is 0 Å². The summed E-state index contributed by atoms with van der Waals surface area (Å²) in [7, 11) is -3.82. The number of aromatic nitrogens is 1. The molecule has 2 aromatic carbocycles. The van der Waals surface area contributed by atoms with Gasteiger partial charge in [0.25, 0.3) is 5.91 Å². The van der Waals surface area contributed by atoms with E-state index < -0.39 is 36.8 Å². The lowest BCUT2D eigenvalue weighted by Gasteiger charge is -2.44. The number of pyridine rings is 1. The number of rotatable bonds is 12. The molecule has 19 heteroatoms. The number of alkyl halides is 2. The average Bonchev–Trinajstić information content (AvgIpc) is 3.58. The number of carbonyl (C=O) groups is 5. The molecule has 4 saturated heterocycles. The minimum atomic E-state index is -5.79. The van der Waals surface area contributed by atoms with Crippen molar-refractivity contribution >= 4 is 64.2 Å². The SMILES string of the molecule is CN(CCOc1ccc(C2CCC(=O)NC2=O)cc1)c1ccncc1C1CN(C(=O)[C@@H]2CC[C@@H]3C[C@H]4C[C@H]4C[C@H](NC(=O)c4cc5cc(C(F)(F)P(=O)(O)O)ccc5s4)C(=O)N32)C1. The molecule has 5 amide bonds.